The van der Waals surface area contributed by atoms with Gasteiger partial charge in [0.25, 0.3) is 5.91 Å². The van der Waals surface area contributed by atoms with Gasteiger partial charge in [0.1, 0.15) is 5.69 Å². The molecule has 1 aliphatic heterocycles. The SMILES string of the molecule is CCN(CC1CCCCN1)C(=O)c1ncccc1C. The summed E-state index contributed by atoms with van der Waals surface area (Å²) in [7, 11) is 0. The predicted octanol–water partition coefficient (Wildman–Crippen LogP) is 1.99. The molecule has 104 valence electrons. The Kier molecular flexibility index (Phi) is 4.91. The zero-order valence-corrected chi connectivity index (χ0v) is 11.9. The first-order chi connectivity index (χ1) is 9.22. The van der Waals surface area contributed by atoms with E-state index in [1.165, 1.54) is 12.8 Å². The van der Waals surface area contributed by atoms with Gasteiger partial charge in [-0.3, -0.25) is 9.78 Å². The molecule has 1 amide bonds. The smallest absolute Gasteiger partial charge is 0.272 e. The maximum atomic E-state index is 12.5. The van der Waals surface area contributed by atoms with Gasteiger partial charge < -0.3 is 10.2 Å². The van der Waals surface area contributed by atoms with Gasteiger partial charge in [-0.15, -0.1) is 0 Å². The minimum absolute atomic E-state index is 0.0490. The second kappa shape index (κ2) is 6.66. The van der Waals surface area contributed by atoms with Crippen LogP contribution in [0.5, 0.6) is 0 Å². The van der Waals surface area contributed by atoms with Gasteiger partial charge in [0, 0.05) is 25.3 Å². The maximum Gasteiger partial charge on any atom is 0.272 e. The van der Waals surface area contributed by atoms with Crippen LogP contribution in [0, 0.1) is 6.92 Å². The van der Waals surface area contributed by atoms with Gasteiger partial charge in [-0.05, 0) is 44.9 Å². The highest BCUT2D eigenvalue weighted by Crippen LogP contribution is 2.12. The van der Waals surface area contributed by atoms with Crippen LogP contribution >= 0.6 is 0 Å². The lowest BCUT2D eigenvalue weighted by Crippen LogP contribution is -2.46. The summed E-state index contributed by atoms with van der Waals surface area (Å²) in [5.41, 5.74) is 1.53. The van der Waals surface area contributed by atoms with E-state index in [0.717, 1.165) is 31.6 Å². The van der Waals surface area contributed by atoms with Crippen molar-refractivity contribution in [3.8, 4) is 0 Å². The zero-order valence-electron chi connectivity index (χ0n) is 11.9. The molecule has 4 nitrogen and oxygen atoms in total. The predicted molar refractivity (Wildman–Crippen MR) is 76.2 cm³/mol. The van der Waals surface area contributed by atoms with Gasteiger partial charge in [-0.2, -0.15) is 0 Å². The Balaban J connectivity index is 2.04. The number of amides is 1. The number of carbonyl (C=O) groups excluding carboxylic acids is 1. The van der Waals surface area contributed by atoms with Crippen LogP contribution in [0.3, 0.4) is 0 Å². The van der Waals surface area contributed by atoms with Crippen molar-refractivity contribution in [1.82, 2.24) is 15.2 Å². The molecule has 0 aromatic carbocycles. The molecule has 0 radical (unpaired) electrons. The normalized spacial score (nSPS) is 19.2. The number of hydrogen-bond acceptors (Lipinski definition) is 3. The Bertz CT molecular complexity index is 427. The fraction of sp³-hybridized carbons (Fsp3) is 0.600. The summed E-state index contributed by atoms with van der Waals surface area (Å²) >= 11 is 0. The standard InChI is InChI=1S/C15H23N3O/c1-3-18(11-13-8-4-5-9-16-13)15(19)14-12(2)7-6-10-17-14/h6-7,10,13,16H,3-5,8-9,11H2,1-2H3. The van der Waals surface area contributed by atoms with E-state index in [2.05, 4.69) is 10.3 Å². The lowest BCUT2D eigenvalue weighted by atomic mass is 10.0. The van der Waals surface area contributed by atoms with Crippen molar-refractivity contribution in [1.29, 1.82) is 0 Å². The quantitative estimate of drug-likeness (QED) is 0.901. The van der Waals surface area contributed by atoms with Crippen LogP contribution in [0.15, 0.2) is 18.3 Å². The minimum atomic E-state index is 0.0490. The molecule has 0 bridgehead atoms. The molecule has 1 aromatic heterocycles. The fourth-order valence-electron chi connectivity index (χ4n) is 2.56. The second-order valence-electron chi connectivity index (χ2n) is 5.16. The van der Waals surface area contributed by atoms with Crippen molar-refractivity contribution in [2.24, 2.45) is 0 Å². The lowest BCUT2D eigenvalue weighted by molar-refractivity contribution is 0.0735. The van der Waals surface area contributed by atoms with Crippen molar-refractivity contribution in [3.63, 3.8) is 0 Å². The van der Waals surface area contributed by atoms with E-state index in [0.29, 0.717) is 11.7 Å². The van der Waals surface area contributed by atoms with Gasteiger partial charge in [-0.1, -0.05) is 12.5 Å². The van der Waals surface area contributed by atoms with Gasteiger partial charge in [0.2, 0.25) is 0 Å². The summed E-state index contributed by atoms with van der Waals surface area (Å²) in [6, 6.07) is 4.24. The largest absolute Gasteiger partial charge is 0.336 e. The molecule has 1 aromatic rings. The number of rotatable bonds is 4. The number of aryl methyl sites for hydroxylation is 1. The Morgan fingerprint density at radius 1 is 1.53 bits per heavy atom. The molecule has 1 N–H and O–H groups in total. The average Bonchev–Trinajstić information content (AvgIpc) is 2.46. The average molecular weight is 261 g/mol. The summed E-state index contributed by atoms with van der Waals surface area (Å²) < 4.78 is 0. The Morgan fingerprint density at radius 3 is 3.00 bits per heavy atom. The summed E-state index contributed by atoms with van der Waals surface area (Å²) in [6.07, 6.45) is 5.35. The van der Waals surface area contributed by atoms with Crippen molar-refractivity contribution in [3.05, 3.63) is 29.6 Å². The summed E-state index contributed by atoms with van der Waals surface area (Å²) in [5, 5.41) is 3.49. The molecule has 0 spiro atoms. The lowest BCUT2D eigenvalue weighted by Gasteiger charge is -2.30. The minimum Gasteiger partial charge on any atom is -0.336 e. The number of likely N-dealkylation sites (N-methyl/N-ethyl adjacent to an activating group) is 1. The van der Waals surface area contributed by atoms with Crippen LogP contribution in [0.1, 0.15) is 42.2 Å². The van der Waals surface area contributed by atoms with Crippen LogP contribution in [-0.2, 0) is 0 Å². The molecule has 4 heteroatoms. The van der Waals surface area contributed by atoms with E-state index in [1.807, 2.05) is 30.9 Å². The molecular weight excluding hydrogens is 238 g/mol. The van der Waals surface area contributed by atoms with E-state index in [-0.39, 0.29) is 5.91 Å². The molecule has 2 rings (SSSR count). The summed E-state index contributed by atoms with van der Waals surface area (Å²) in [5.74, 6) is 0.0490. The Hall–Kier alpha value is -1.42. The number of carbonyl (C=O) groups is 1. The Labute approximate surface area is 115 Å². The van der Waals surface area contributed by atoms with Gasteiger partial charge >= 0.3 is 0 Å². The number of hydrogen-bond donors (Lipinski definition) is 1. The number of piperidine rings is 1. The van der Waals surface area contributed by atoms with E-state index in [9.17, 15) is 4.79 Å². The highest BCUT2D eigenvalue weighted by atomic mass is 16.2. The summed E-state index contributed by atoms with van der Waals surface area (Å²) in [6.45, 7) is 6.54. The first-order valence-corrected chi connectivity index (χ1v) is 7.16. The van der Waals surface area contributed by atoms with Crippen LogP contribution in [-0.4, -0.2) is 41.5 Å². The maximum absolute atomic E-state index is 12.5. The third-order valence-electron chi connectivity index (χ3n) is 3.73. The third-order valence-corrected chi connectivity index (χ3v) is 3.73. The Morgan fingerprint density at radius 2 is 2.37 bits per heavy atom. The monoisotopic (exact) mass is 261 g/mol. The molecule has 19 heavy (non-hydrogen) atoms. The van der Waals surface area contributed by atoms with Crippen molar-refractivity contribution >= 4 is 5.91 Å². The molecule has 0 aliphatic carbocycles. The first-order valence-electron chi connectivity index (χ1n) is 7.16. The zero-order chi connectivity index (χ0) is 13.7. The molecule has 1 atom stereocenters. The van der Waals surface area contributed by atoms with Crippen LogP contribution in [0.25, 0.3) is 0 Å². The third kappa shape index (κ3) is 3.53. The van der Waals surface area contributed by atoms with Crippen molar-refractivity contribution in [2.45, 2.75) is 39.2 Å². The van der Waals surface area contributed by atoms with Crippen LogP contribution in [0.2, 0.25) is 0 Å². The van der Waals surface area contributed by atoms with Crippen LogP contribution in [0.4, 0.5) is 0 Å². The van der Waals surface area contributed by atoms with Crippen molar-refractivity contribution in [2.75, 3.05) is 19.6 Å². The highest BCUT2D eigenvalue weighted by molar-refractivity contribution is 5.93. The van der Waals surface area contributed by atoms with E-state index in [1.54, 1.807) is 6.20 Å². The number of nitrogens with one attached hydrogen (secondary N) is 1. The van der Waals surface area contributed by atoms with E-state index in [4.69, 9.17) is 0 Å². The second-order valence-corrected chi connectivity index (χ2v) is 5.16. The van der Waals surface area contributed by atoms with E-state index < -0.39 is 0 Å². The number of nitrogens with zero attached hydrogens (tertiary/aromatic N) is 2. The first kappa shape index (κ1) is 14.0. The van der Waals surface area contributed by atoms with Crippen molar-refractivity contribution < 1.29 is 4.79 Å². The summed E-state index contributed by atoms with van der Waals surface area (Å²) in [4.78, 5) is 18.6. The van der Waals surface area contributed by atoms with Crippen LogP contribution < -0.4 is 5.32 Å². The van der Waals surface area contributed by atoms with E-state index >= 15 is 0 Å². The molecule has 1 aliphatic rings. The fourth-order valence-corrected chi connectivity index (χ4v) is 2.56. The topological polar surface area (TPSA) is 45.2 Å². The number of aromatic nitrogens is 1. The molecule has 1 fully saturated rings. The molecule has 1 saturated heterocycles. The number of pyridine rings is 1. The molecule has 1 unspecified atom stereocenters. The van der Waals surface area contributed by atoms with Gasteiger partial charge in [0.05, 0.1) is 0 Å². The molecule has 0 saturated carbocycles. The highest BCUT2D eigenvalue weighted by Gasteiger charge is 2.22. The van der Waals surface area contributed by atoms with Gasteiger partial charge in [0.15, 0.2) is 0 Å². The van der Waals surface area contributed by atoms with Gasteiger partial charge in [-0.25, -0.2) is 0 Å². The molecule has 2 heterocycles. The molecular formula is C15H23N3O.